The highest BCUT2D eigenvalue weighted by Gasteiger charge is 2.08. The largest absolute Gasteiger partial charge is 0.457 e. The average molecular weight is 371 g/mol. The van der Waals surface area contributed by atoms with Crippen LogP contribution in [0.4, 0.5) is 5.69 Å². The number of H-pyrrole nitrogens is 1. The maximum absolute atomic E-state index is 12.4. The Morgan fingerprint density at radius 3 is 2.43 bits per heavy atom. The van der Waals surface area contributed by atoms with Crippen molar-refractivity contribution in [3.8, 4) is 22.9 Å². The van der Waals surface area contributed by atoms with E-state index in [4.69, 9.17) is 4.74 Å². The summed E-state index contributed by atoms with van der Waals surface area (Å²) < 4.78 is 5.82. The van der Waals surface area contributed by atoms with Gasteiger partial charge in [0, 0.05) is 16.8 Å². The van der Waals surface area contributed by atoms with Crippen molar-refractivity contribution >= 4 is 11.6 Å². The van der Waals surface area contributed by atoms with Gasteiger partial charge in [-0.05, 0) is 66.2 Å². The molecule has 7 nitrogen and oxygen atoms in total. The van der Waals surface area contributed by atoms with Crippen LogP contribution in [0, 0.1) is 6.92 Å². The summed E-state index contributed by atoms with van der Waals surface area (Å²) in [5.74, 6) is 1.76. The van der Waals surface area contributed by atoms with Gasteiger partial charge in [0.25, 0.3) is 5.91 Å². The molecule has 1 heterocycles. The van der Waals surface area contributed by atoms with Crippen LogP contribution in [0.5, 0.6) is 11.5 Å². The van der Waals surface area contributed by atoms with E-state index in [0.29, 0.717) is 22.8 Å². The van der Waals surface area contributed by atoms with E-state index in [9.17, 15) is 4.79 Å². The molecule has 0 saturated heterocycles. The topological polar surface area (TPSA) is 92.8 Å². The first kappa shape index (κ1) is 17.4. The summed E-state index contributed by atoms with van der Waals surface area (Å²) >= 11 is 0. The van der Waals surface area contributed by atoms with Gasteiger partial charge in [-0.3, -0.25) is 4.79 Å². The number of anilines is 1. The molecule has 1 aromatic heterocycles. The summed E-state index contributed by atoms with van der Waals surface area (Å²) in [4.78, 5) is 12.4. The van der Waals surface area contributed by atoms with E-state index in [-0.39, 0.29) is 5.91 Å². The highest BCUT2D eigenvalue weighted by atomic mass is 16.5. The number of ether oxygens (including phenoxy) is 1. The van der Waals surface area contributed by atoms with E-state index in [1.165, 1.54) is 0 Å². The molecule has 138 valence electrons. The van der Waals surface area contributed by atoms with Crippen LogP contribution >= 0.6 is 0 Å². The number of tetrazole rings is 1. The SMILES string of the molecule is Cc1cccc(Oc2ccc(NC(=O)c3ccc(-c4nn[nH]n4)cc3)cc2)c1. The fraction of sp³-hybridized carbons (Fsp3) is 0.0476. The Balaban J connectivity index is 1.40. The molecule has 0 radical (unpaired) electrons. The van der Waals surface area contributed by atoms with Gasteiger partial charge in [0.1, 0.15) is 11.5 Å². The van der Waals surface area contributed by atoms with Crippen molar-refractivity contribution in [2.45, 2.75) is 6.92 Å². The number of amides is 1. The quantitative estimate of drug-likeness (QED) is 0.548. The number of carbonyl (C=O) groups is 1. The lowest BCUT2D eigenvalue weighted by Crippen LogP contribution is -2.11. The third kappa shape index (κ3) is 4.04. The lowest BCUT2D eigenvalue weighted by Gasteiger charge is -2.09. The molecule has 0 aliphatic heterocycles. The average Bonchev–Trinajstić information content (AvgIpc) is 3.24. The second-order valence-electron chi connectivity index (χ2n) is 6.21. The first-order chi connectivity index (χ1) is 13.7. The van der Waals surface area contributed by atoms with Gasteiger partial charge in [-0.1, -0.05) is 24.3 Å². The van der Waals surface area contributed by atoms with Crippen molar-refractivity contribution in [3.63, 3.8) is 0 Å². The molecule has 0 saturated carbocycles. The van der Waals surface area contributed by atoms with Crippen molar-refractivity contribution < 1.29 is 9.53 Å². The monoisotopic (exact) mass is 371 g/mol. The Hall–Kier alpha value is -4.00. The molecule has 0 spiro atoms. The van der Waals surface area contributed by atoms with Crippen molar-refractivity contribution in [2.75, 3.05) is 5.32 Å². The number of aromatic amines is 1. The predicted octanol–water partition coefficient (Wildman–Crippen LogP) is 4.22. The van der Waals surface area contributed by atoms with E-state index in [1.54, 1.807) is 36.4 Å². The summed E-state index contributed by atoms with van der Waals surface area (Å²) in [6.07, 6.45) is 0. The fourth-order valence-corrected chi connectivity index (χ4v) is 2.68. The Morgan fingerprint density at radius 2 is 1.75 bits per heavy atom. The van der Waals surface area contributed by atoms with Gasteiger partial charge >= 0.3 is 0 Å². The number of aryl methyl sites for hydroxylation is 1. The molecule has 28 heavy (non-hydrogen) atoms. The Morgan fingerprint density at radius 1 is 0.964 bits per heavy atom. The molecule has 2 N–H and O–H groups in total. The predicted molar refractivity (Wildman–Crippen MR) is 105 cm³/mol. The van der Waals surface area contributed by atoms with Crippen molar-refractivity contribution in [1.29, 1.82) is 0 Å². The summed E-state index contributed by atoms with van der Waals surface area (Å²) in [6, 6.07) is 22.1. The Bertz CT molecular complexity index is 1070. The van der Waals surface area contributed by atoms with Gasteiger partial charge in [-0.2, -0.15) is 5.21 Å². The van der Waals surface area contributed by atoms with Crippen LogP contribution < -0.4 is 10.1 Å². The number of rotatable bonds is 5. The molecule has 7 heteroatoms. The third-order valence-corrected chi connectivity index (χ3v) is 4.09. The fourth-order valence-electron chi connectivity index (χ4n) is 2.68. The standard InChI is InChI=1S/C21H17N5O2/c1-14-3-2-4-19(13-14)28-18-11-9-17(10-12-18)22-21(27)16-7-5-15(6-8-16)20-23-25-26-24-20/h2-13H,1H3,(H,22,27)(H,23,24,25,26). The van der Waals surface area contributed by atoms with Crippen molar-refractivity contribution in [2.24, 2.45) is 0 Å². The number of carbonyl (C=O) groups excluding carboxylic acids is 1. The second-order valence-corrected chi connectivity index (χ2v) is 6.21. The Labute approximate surface area is 161 Å². The minimum absolute atomic E-state index is 0.202. The molecule has 4 aromatic rings. The van der Waals surface area contributed by atoms with Crippen LogP contribution in [0.1, 0.15) is 15.9 Å². The molecular formula is C21H17N5O2. The van der Waals surface area contributed by atoms with E-state index < -0.39 is 0 Å². The minimum Gasteiger partial charge on any atom is -0.457 e. The first-order valence-corrected chi connectivity index (χ1v) is 8.67. The highest BCUT2D eigenvalue weighted by Crippen LogP contribution is 2.24. The van der Waals surface area contributed by atoms with Gasteiger partial charge in [0.2, 0.25) is 5.82 Å². The number of aromatic nitrogens is 4. The van der Waals surface area contributed by atoms with Gasteiger partial charge in [0.05, 0.1) is 0 Å². The van der Waals surface area contributed by atoms with Crippen LogP contribution in [0.3, 0.4) is 0 Å². The summed E-state index contributed by atoms with van der Waals surface area (Å²) in [5, 5.41) is 16.6. The first-order valence-electron chi connectivity index (χ1n) is 8.67. The van der Waals surface area contributed by atoms with E-state index >= 15 is 0 Å². The number of nitrogens with one attached hydrogen (secondary N) is 2. The zero-order valence-corrected chi connectivity index (χ0v) is 15.1. The zero-order valence-electron chi connectivity index (χ0n) is 15.1. The van der Waals surface area contributed by atoms with Crippen LogP contribution in [0.15, 0.2) is 72.8 Å². The second kappa shape index (κ2) is 7.71. The van der Waals surface area contributed by atoms with Crippen LogP contribution in [0.2, 0.25) is 0 Å². The number of hydrogen-bond donors (Lipinski definition) is 2. The summed E-state index contributed by atoms with van der Waals surface area (Å²) in [6.45, 7) is 2.01. The third-order valence-electron chi connectivity index (χ3n) is 4.09. The van der Waals surface area contributed by atoms with Crippen molar-refractivity contribution in [3.05, 3.63) is 83.9 Å². The molecule has 0 fully saturated rings. The summed E-state index contributed by atoms with van der Waals surface area (Å²) in [7, 11) is 0. The maximum Gasteiger partial charge on any atom is 0.255 e. The van der Waals surface area contributed by atoms with Crippen LogP contribution in [-0.2, 0) is 0 Å². The Kier molecular flexibility index (Phi) is 4.79. The van der Waals surface area contributed by atoms with E-state index in [0.717, 1.165) is 16.9 Å². The number of hydrogen-bond acceptors (Lipinski definition) is 5. The molecule has 0 bridgehead atoms. The van der Waals surface area contributed by atoms with E-state index in [1.807, 2.05) is 43.3 Å². The number of nitrogens with zero attached hydrogens (tertiary/aromatic N) is 3. The van der Waals surface area contributed by atoms with Gasteiger partial charge in [-0.15, -0.1) is 10.2 Å². The van der Waals surface area contributed by atoms with E-state index in [2.05, 4.69) is 25.9 Å². The normalized spacial score (nSPS) is 10.5. The smallest absolute Gasteiger partial charge is 0.255 e. The highest BCUT2D eigenvalue weighted by molar-refractivity contribution is 6.04. The molecule has 1 amide bonds. The zero-order chi connectivity index (χ0) is 19.3. The van der Waals surface area contributed by atoms with Gasteiger partial charge in [0.15, 0.2) is 0 Å². The molecule has 0 aliphatic carbocycles. The molecule has 0 atom stereocenters. The van der Waals surface area contributed by atoms with Crippen LogP contribution in [-0.4, -0.2) is 26.5 Å². The van der Waals surface area contributed by atoms with Crippen LogP contribution in [0.25, 0.3) is 11.4 Å². The lowest BCUT2D eigenvalue weighted by atomic mass is 10.1. The number of benzene rings is 3. The lowest BCUT2D eigenvalue weighted by molar-refractivity contribution is 0.102. The molecular weight excluding hydrogens is 354 g/mol. The van der Waals surface area contributed by atoms with Gasteiger partial charge in [-0.25, -0.2) is 0 Å². The molecule has 3 aromatic carbocycles. The minimum atomic E-state index is -0.202. The van der Waals surface area contributed by atoms with Gasteiger partial charge < -0.3 is 10.1 Å². The van der Waals surface area contributed by atoms with Crippen molar-refractivity contribution in [1.82, 2.24) is 20.6 Å². The molecule has 4 rings (SSSR count). The molecule has 0 unspecified atom stereocenters. The molecule has 0 aliphatic rings. The summed E-state index contributed by atoms with van der Waals surface area (Å²) in [5.41, 5.74) is 3.13. The maximum atomic E-state index is 12.4.